The highest BCUT2D eigenvalue weighted by molar-refractivity contribution is 5.75. The molecule has 0 bridgehead atoms. The van der Waals surface area contributed by atoms with Crippen molar-refractivity contribution in [2.24, 2.45) is 7.05 Å². The zero-order valence-electron chi connectivity index (χ0n) is 15.4. The second-order valence-electron chi connectivity index (χ2n) is 6.74. The SMILES string of the molecule is Cc1nc2cnc(Cc3ccnc(-c4cnn(C)c4)n3)cc2n1C(C)C. The fourth-order valence-electron chi connectivity index (χ4n) is 3.27. The van der Waals surface area contributed by atoms with Crippen molar-refractivity contribution in [1.82, 2.24) is 34.3 Å². The maximum absolute atomic E-state index is 4.67. The molecule has 7 nitrogen and oxygen atoms in total. The van der Waals surface area contributed by atoms with Crippen molar-refractivity contribution < 1.29 is 0 Å². The molecule has 0 amide bonds. The third-order valence-corrected chi connectivity index (χ3v) is 4.36. The lowest BCUT2D eigenvalue weighted by molar-refractivity contribution is 0.600. The third kappa shape index (κ3) is 2.96. The van der Waals surface area contributed by atoms with E-state index in [0.717, 1.165) is 33.8 Å². The van der Waals surface area contributed by atoms with Crippen LogP contribution in [0.2, 0.25) is 0 Å². The smallest absolute Gasteiger partial charge is 0.162 e. The molecule has 7 heteroatoms. The van der Waals surface area contributed by atoms with Crippen molar-refractivity contribution in [3.05, 3.63) is 54.1 Å². The van der Waals surface area contributed by atoms with E-state index >= 15 is 0 Å². The second-order valence-corrected chi connectivity index (χ2v) is 6.74. The van der Waals surface area contributed by atoms with Crippen LogP contribution in [0.25, 0.3) is 22.4 Å². The number of imidazole rings is 1. The van der Waals surface area contributed by atoms with Gasteiger partial charge in [-0.15, -0.1) is 0 Å². The summed E-state index contributed by atoms with van der Waals surface area (Å²) in [5.74, 6) is 1.69. The summed E-state index contributed by atoms with van der Waals surface area (Å²) in [5, 5.41) is 4.18. The molecule has 0 fully saturated rings. The van der Waals surface area contributed by atoms with Gasteiger partial charge in [-0.05, 0) is 32.9 Å². The Balaban J connectivity index is 1.68. The number of hydrogen-bond acceptors (Lipinski definition) is 5. The van der Waals surface area contributed by atoms with Gasteiger partial charge in [0.15, 0.2) is 5.82 Å². The summed E-state index contributed by atoms with van der Waals surface area (Å²) < 4.78 is 3.98. The number of hydrogen-bond donors (Lipinski definition) is 0. The quantitative estimate of drug-likeness (QED) is 0.567. The zero-order valence-corrected chi connectivity index (χ0v) is 15.4. The molecule has 0 atom stereocenters. The molecule has 4 rings (SSSR count). The van der Waals surface area contributed by atoms with Gasteiger partial charge in [0.1, 0.15) is 11.3 Å². The van der Waals surface area contributed by atoms with E-state index in [1.54, 1.807) is 17.1 Å². The van der Waals surface area contributed by atoms with Gasteiger partial charge in [-0.25, -0.2) is 15.0 Å². The summed E-state index contributed by atoms with van der Waals surface area (Å²) in [4.78, 5) is 18.2. The molecule has 132 valence electrons. The van der Waals surface area contributed by atoms with Gasteiger partial charge in [-0.3, -0.25) is 9.67 Å². The molecular weight excluding hydrogens is 326 g/mol. The largest absolute Gasteiger partial charge is 0.326 e. The molecule has 0 aromatic carbocycles. The molecule has 4 heterocycles. The van der Waals surface area contributed by atoms with Gasteiger partial charge in [0.2, 0.25) is 0 Å². The number of aromatic nitrogens is 7. The first-order valence-electron chi connectivity index (χ1n) is 8.65. The lowest BCUT2D eigenvalue weighted by atomic mass is 10.2. The molecule has 0 saturated carbocycles. The lowest BCUT2D eigenvalue weighted by Gasteiger charge is -2.11. The van der Waals surface area contributed by atoms with Crippen LogP contribution in [0, 0.1) is 6.92 Å². The molecule has 0 saturated heterocycles. The number of pyridine rings is 1. The van der Waals surface area contributed by atoms with Crippen molar-refractivity contribution in [3.63, 3.8) is 0 Å². The van der Waals surface area contributed by atoms with Crippen LogP contribution < -0.4 is 0 Å². The molecule has 0 aliphatic rings. The van der Waals surface area contributed by atoms with E-state index in [1.165, 1.54) is 0 Å². The number of aryl methyl sites for hydroxylation is 2. The third-order valence-electron chi connectivity index (χ3n) is 4.36. The van der Waals surface area contributed by atoms with Crippen molar-refractivity contribution >= 4 is 11.0 Å². The first-order valence-corrected chi connectivity index (χ1v) is 8.65. The molecular formula is C19H21N7. The standard InChI is InChI=1S/C19H21N7/c1-12(2)26-13(3)23-17-10-21-16(8-18(17)26)7-15-5-6-20-19(24-15)14-9-22-25(4)11-14/h5-6,8-12H,7H2,1-4H3. The highest BCUT2D eigenvalue weighted by Gasteiger charge is 2.12. The summed E-state index contributed by atoms with van der Waals surface area (Å²) in [6, 6.07) is 4.39. The highest BCUT2D eigenvalue weighted by atomic mass is 15.2. The molecule has 4 aromatic rings. The first kappa shape index (κ1) is 16.4. The van der Waals surface area contributed by atoms with E-state index < -0.39 is 0 Å². The van der Waals surface area contributed by atoms with Gasteiger partial charge >= 0.3 is 0 Å². The summed E-state index contributed by atoms with van der Waals surface area (Å²) in [5.41, 5.74) is 4.85. The Morgan fingerprint density at radius 2 is 1.92 bits per heavy atom. The van der Waals surface area contributed by atoms with Gasteiger partial charge < -0.3 is 4.57 Å². The van der Waals surface area contributed by atoms with E-state index in [0.29, 0.717) is 18.3 Å². The van der Waals surface area contributed by atoms with Gasteiger partial charge in [-0.2, -0.15) is 5.10 Å². The minimum Gasteiger partial charge on any atom is -0.326 e. The molecule has 0 N–H and O–H groups in total. The maximum Gasteiger partial charge on any atom is 0.162 e. The van der Waals surface area contributed by atoms with E-state index in [2.05, 4.69) is 49.5 Å². The fourth-order valence-corrected chi connectivity index (χ4v) is 3.27. The second kappa shape index (κ2) is 6.33. The highest BCUT2D eigenvalue weighted by Crippen LogP contribution is 2.22. The Kier molecular flexibility index (Phi) is 3.99. The normalized spacial score (nSPS) is 11.6. The average Bonchev–Trinajstić information content (AvgIpc) is 3.17. The van der Waals surface area contributed by atoms with Gasteiger partial charge in [0.25, 0.3) is 0 Å². The summed E-state index contributed by atoms with van der Waals surface area (Å²) in [6.07, 6.45) is 7.96. The van der Waals surface area contributed by atoms with Crippen LogP contribution in [-0.4, -0.2) is 34.3 Å². The fraction of sp³-hybridized carbons (Fsp3) is 0.316. The van der Waals surface area contributed by atoms with Crippen LogP contribution in [0.5, 0.6) is 0 Å². The van der Waals surface area contributed by atoms with Crippen molar-refractivity contribution in [1.29, 1.82) is 0 Å². The Labute approximate surface area is 151 Å². The van der Waals surface area contributed by atoms with Gasteiger partial charge in [0.05, 0.1) is 29.2 Å². The predicted molar refractivity (Wildman–Crippen MR) is 99.7 cm³/mol. The van der Waals surface area contributed by atoms with E-state index in [-0.39, 0.29) is 0 Å². The topological polar surface area (TPSA) is 74.3 Å². The molecule has 0 aliphatic heterocycles. The molecule has 0 spiro atoms. The van der Waals surface area contributed by atoms with Crippen molar-refractivity contribution in [2.45, 2.75) is 33.2 Å². The Hall–Kier alpha value is -3.09. The van der Waals surface area contributed by atoms with Crippen LogP contribution in [-0.2, 0) is 13.5 Å². The Morgan fingerprint density at radius 3 is 2.65 bits per heavy atom. The zero-order chi connectivity index (χ0) is 18.3. The average molecular weight is 347 g/mol. The van der Waals surface area contributed by atoms with Crippen molar-refractivity contribution in [2.75, 3.05) is 0 Å². The van der Waals surface area contributed by atoms with E-state index in [9.17, 15) is 0 Å². The van der Waals surface area contributed by atoms with E-state index in [4.69, 9.17) is 0 Å². The predicted octanol–water partition coefficient (Wildman–Crippen LogP) is 3.10. The van der Waals surface area contributed by atoms with E-state index in [1.807, 2.05) is 32.4 Å². The van der Waals surface area contributed by atoms with Crippen LogP contribution in [0.15, 0.2) is 36.9 Å². The lowest BCUT2D eigenvalue weighted by Crippen LogP contribution is -2.03. The number of nitrogens with zero attached hydrogens (tertiary/aromatic N) is 7. The maximum atomic E-state index is 4.67. The van der Waals surface area contributed by atoms with Crippen LogP contribution in [0.1, 0.15) is 37.1 Å². The molecule has 0 radical (unpaired) electrons. The van der Waals surface area contributed by atoms with Crippen LogP contribution in [0.3, 0.4) is 0 Å². The summed E-state index contributed by atoms with van der Waals surface area (Å²) >= 11 is 0. The molecule has 26 heavy (non-hydrogen) atoms. The monoisotopic (exact) mass is 347 g/mol. The summed E-state index contributed by atoms with van der Waals surface area (Å²) in [6.45, 7) is 6.36. The van der Waals surface area contributed by atoms with Crippen LogP contribution >= 0.6 is 0 Å². The van der Waals surface area contributed by atoms with Gasteiger partial charge in [0, 0.05) is 37.6 Å². The molecule has 0 aliphatic carbocycles. The minimum absolute atomic E-state index is 0.353. The number of rotatable bonds is 4. The minimum atomic E-state index is 0.353. The Morgan fingerprint density at radius 1 is 1.08 bits per heavy atom. The van der Waals surface area contributed by atoms with Crippen molar-refractivity contribution in [3.8, 4) is 11.4 Å². The summed E-state index contributed by atoms with van der Waals surface area (Å²) in [7, 11) is 1.88. The number of fused-ring (bicyclic) bond motifs is 1. The Bertz CT molecular complexity index is 1070. The first-order chi connectivity index (χ1) is 12.5. The van der Waals surface area contributed by atoms with Crippen LogP contribution in [0.4, 0.5) is 0 Å². The molecule has 4 aromatic heterocycles. The molecule has 0 unspecified atom stereocenters. The van der Waals surface area contributed by atoms with Gasteiger partial charge in [-0.1, -0.05) is 0 Å².